The Kier molecular flexibility index (Phi) is 7.55. The van der Waals surface area contributed by atoms with Crippen LogP contribution in [0.25, 0.3) is 0 Å². The average molecular weight is 278 g/mol. The number of aliphatic carboxylic acids is 1. The Labute approximate surface area is 124 Å². The lowest BCUT2D eigenvalue weighted by molar-refractivity contribution is -0.138. The fourth-order valence-corrected chi connectivity index (χ4v) is 2.33. The summed E-state index contributed by atoms with van der Waals surface area (Å²) in [4.78, 5) is 11.1. The van der Waals surface area contributed by atoms with Gasteiger partial charge in [0.2, 0.25) is 0 Å². The number of fused-ring (bicyclic) bond motifs is 1. The minimum absolute atomic E-state index is 0.0840. The van der Waals surface area contributed by atoms with E-state index in [1.807, 2.05) is 27.7 Å². The van der Waals surface area contributed by atoms with Crippen LogP contribution in [0.5, 0.6) is 0 Å². The van der Waals surface area contributed by atoms with Gasteiger partial charge in [-0.1, -0.05) is 66.7 Å². The zero-order valence-corrected chi connectivity index (χ0v) is 14.1. The summed E-state index contributed by atoms with van der Waals surface area (Å²) < 4.78 is 0. The predicted octanol–water partition coefficient (Wildman–Crippen LogP) is 5.15. The van der Waals surface area contributed by atoms with Gasteiger partial charge in [-0.25, -0.2) is 0 Å². The fourth-order valence-electron chi connectivity index (χ4n) is 2.33. The van der Waals surface area contributed by atoms with E-state index in [0.29, 0.717) is 0 Å². The predicted molar refractivity (Wildman–Crippen MR) is 86.5 cm³/mol. The molecule has 2 nitrogen and oxygen atoms in total. The van der Waals surface area contributed by atoms with E-state index in [1.165, 1.54) is 11.1 Å². The lowest BCUT2D eigenvalue weighted by Gasteiger charge is -2.20. The third kappa shape index (κ3) is 4.36. The maximum absolute atomic E-state index is 11.1. The first-order valence-corrected chi connectivity index (χ1v) is 7.75. The number of hydrogen-bond acceptors (Lipinski definition) is 1. The van der Waals surface area contributed by atoms with E-state index in [9.17, 15) is 4.79 Å². The van der Waals surface area contributed by atoms with Crippen LogP contribution in [-0.4, -0.2) is 11.1 Å². The van der Waals surface area contributed by atoms with Crippen LogP contribution >= 0.6 is 0 Å². The van der Waals surface area contributed by atoms with Crippen molar-refractivity contribution in [2.45, 2.75) is 72.6 Å². The van der Waals surface area contributed by atoms with E-state index in [2.05, 4.69) is 39.0 Å². The molecule has 114 valence electrons. The SMILES string of the molecule is CC.CC.CC(C)(C)c1ccc2c(c1)C(C(=O)O)CC2. The molecule has 0 heterocycles. The van der Waals surface area contributed by atoms with Gasteiger partial charge in [-0.3, -0.25) is 4.79 Å². The van der Waals surface area contributed by atoms with Crippen molar-refractivity contribution in [2.75, 3.05) is 0 Å². The fraction of sp³-hybridized carbons (Fsp3) is 0.611. The van der Waals surface area contributed by atoms with Crippen LogP contribution in [0.3, 0.4) is 0 Å². The largest absolute Gasteiger partial charge is 0.481 e. The number of benzene rings is 1. The summed E-state index contributed by atoms with van der Waals surface area (Å²) in [7, 11) is 0. The molecule has 0 radical (unpaired) electrons. The maximum atomic E-state index is 11.1. The summed E-state index contributed by atoms with van der Waals surface area (Å²) in [5, 5.41) is 9.15. The molecule has 1 aliphatic carbocycles. The zero-order valence-electron chi connectivity index (χ0n) is 14.1. The van der Waals surface area contributed by atoms with Gasteiger partial charge in [0.25, 0.3) is 0 Å². The van der Waals surface area contributed by atoms with Crippen LogP contribution < -0.4 is 0 Å². The third-order valence-electron chi connectivity index (χ3n) is 3.39. The molecule has 0 spiro atoms. The van der Waals surface area contributed by atoms with E-state index in [0.717, 1.165) is 18.4 Å². The van der Waals surface area contributed by atoms with Gasteiger partial charge < -0.3 is 5.11 Å². The molecule has 1 N–H and O–H groups in total. The summed E-state index contributed by atoms with van der Waals surface area (Å²) in [6, 6.07) is 6.31. The van der Waals surface area contributed by atoms with Crippen LogP contribution in [0.15, 0.2) is 18.2 Å². The van der Waals surface area contributed by atoms with Crippen molar-refractivity contribution in [1.29, 1.82) is 0 Å². The first-order chi connectivity index (χ1) is 9.39. The molecule has 1 aromatic rings. The van der Waals surface area contributed by atoms with Gasteiger partial charge in [0, 0.05) is 0 Å². The summed E-state index contributed by atoms with van der Waals surface area (Å²) in [6.07, 6.45) is 1.65. The highest BCUT2D eigenvalue weighted by molar-refractivity contribution is 5.78. The normalized spacial score (nSPS) is 16.2. The Bertz CT molecular complexity index is 428. The molecular weight excluding hydrogens is 248 g/mol. The summed E-state index contributed by atoms with van der Waals surface area (Å²) in [5.74, 6) is -0.984. The molecule has 1 aliphatic rings. The van der Waals surface area contributed by atoms with Crippen molar-refractivity contribution in [2.24, 2.45) is 0 Å². The van der Waals surface area contributed by atoms with Crippen molar-refractivity contribution in [3.05, 3.63) is 34.9 Å². The molecular formula is C18H30O2. The topological polar surface area (TPSA) is 37.3 Å². The standard InChI is InChI=1S/C14H18O2.2C2H6/c1-14(2,3)10-6-4-9-5-7-11(13(15)16)12(9)8-10;2*1-2/h4,6,8,11H,5,7H2,1-3H3,(H,15,16);2*1-2H3. The first-order valence-electron chi connectivity index (χ1n) is 7.75. The van der Waals surface area contributed by atoms with Crippen LogP contribution in [0.4, 0.5) is 0 Å². The van der Waals surface area contributed by atoms with Gasteiger partial charge in [-0.15, -0.1) is 0 Å². The van der Waals surface area contributed by atoms with E-state index >= 15 is 0 Å². The monoisotopic (exact) mass is 278 g/mol. The summed E-state index contributed by atoms with van der Waals surface area (Å²) in [5.41, 5.74) is 3.54. The molecule has 2 heteroatoms. The molecule has 0 fully saturated rings. The minimum atomic E-state index is -0.690. The van der Waals surface area contributed by atoms with Crippen molar-refractivity contribution in [3.63, 3.8) is 0 Å². The third-order valence-corrected chi connectivity index (χ3v) is 3.39. The Balaban J connectivity index is 0.000000829. The molecule has 2 rings (SSSR count). The Morgan fingerprint density at radius 3 is 2.15 bits per heavy atom. The number of carboxylic acids is 1. The number of carbonyl (C=O) groups is 1. The lowest BCUT2D eigenvalue weighted by atomic mass is 9.84. The Hall–Kier alpha value is -1.31. The molecule has 0 aliphatic heterocycles. The highest BCUT2D eigenvalue weighted by atomic mass is 16.4. The van der Waals surface area contributed by atoms with E-state index in [-0.39, 0.29) is 11.3 Å². The molecule has 1 unspecified atom stereocenters. The quantitative estimate of drug-likeness (QED) is 0.771. The van der Waals surface area contributed by atoms with Gasteiger partial charge in [0.15, 0.2) is 0 Å². The van der Waals surface area contributed by atoms with Crippen molar-refractivity contribution in [3.8, 4) is 0 Å². The second-order valence-corrected chi connectivity index (χ2v) is 5.59. The molecule has 0 amide bonds. The van der Waals surface area contributed by atoms with Crippen molar-refractivity contribution in [1.82, 2.24) is 0 Å². The average Bonchev–Trinajstić information content (AvgIpc) is 2.85. The van der Waals surface area contributed by atoms with E-state index < -0.39 is 5.97 Å². The molecule has 0 saturated heterocycles. The smallest absolute Gasteiger partial charge is 0.310 e. The Morgan fingerprint density at radius 2 is 1.70 bits per heavy atom. The van der Waals surface area contributed by atoms with Crippen molar-refractivity contribution >= 4 is 5.97 Å². The van der Waals surface area contributed by atoms with Gasteiger partial charge in [-0.05, 0) is 34.9 Å². The highest BCUT2D eigenvalue weighted by Gasteiger charge is 2.29. The van der Waals surface area contributed by atoms with Crippen LogP contribution in [-0.2, 0) is 16.6 Å². The van der Waals surface area contributed by atoms with E-state index in [4.69, 9.17) is 5.11 Å². The van der Waals surface area contributed by atoms with Gasteiger partial charge >= 0.3 is 5.97 Å². The summed E-state index contributed by atoms with van der Waals surface area (Å²) >= 11 is 0. The van der Waals surface area contributed by atoms with Crippen molar-refractivity contribution < 1.29 is 9.90 Å². The lowest BCUT2D eigenvalue weighted by Crippen LogP contribution is -2.13. The zero-order chi connectivity index (χ0) is 15.9. The van der Waals surface area contributed by atoms with Gasteiger partial charge in [0.05, 0.1) is 5.92 Å². The first kappa shape index (κ1) is 18.7. The van der Waals surface area contributed by atoms with E-state index in [1.54, 1.807) is 0 Å². The molecule has 0 bridgehead atoms. The number of carboxylic acid groups (broad SMARTS) is 1. The number of rotatable bonds is 1. The number of hydrogen-bond donors (Lipinski definition) is 1. The van der Waals surface area contributed by atoms with Crippen LogP contribution in [0.1, 0.15) is 77.5 Å². The highest BCUT2D eigenvalue weighted by Crippen LogP contribution is 2.36. The van der Waals surface area contributed by atoms with Crippen LogP contribution in [0.2, 0.25) is 0 Å². The summed E-state index contributed by atoms with van der Waals surface area (Å²) in [6.45, 7) is 14.5. The maximum Gasteiger partial charge on any atom is 0.310 e. The molecule has 0 saturated carbocycles. The minimum Gasteiger partial charge on any atom is -0.481 e. The second kappa shape index (κ2) is 8.08. The van der Waals surface area contributed by atoms with Crippen LogP contribution in [0, 0.1) is 0 Å². The molecule has 20 heavy (non-hydrogen) atoms. The van der Waals surface area contributed by atoms with Gasteiger partial charge in [0.1, 0.15) is 0 Å². The molecule has 0 aromatic heterocycles. The Morgan fingerprint density at radius 1 is 1.15 bits per heavy atom. The number of aryl methyl sites for hydroxylation is 1. The molecule has 1 atom stereocenters. The molecule has 1 aromatic carbocycles. The second-order valence-electron chi connectivity index (χ2n) is 5.59. The van der Waals surface area contributed by atoms with Gasteiger partial charge in [-0.2, -0.15) is 0 Å².